The topological polar surface area (TPSA) is 98.0 Å². The largest absolute Gasteiger partial charge is 0.399 e. The number of nitrogens with one attached hydrogen (secondary N) is 1. The van der Waals surface area contributed by atoms with Crippen molar-refractivity contribution >= 4 is 55.7 Å². The van der Waals surface area contributed by atoms with Crippen molar-refractivity contribution in [1.29, 1.82) is 0 Å². The highest BCUT2D eigenvalue weighted by Crippen LogP contribution is 2.18. The van der Waals surface area contributed by atoms with Crippen molar-refractivity contribution in [2.24, 2.45) is 0 Å². The van der Waals surface area contributed by atoms with E-state index in [9.17, 15) is 9.59 Å². The third kappa shape index (κ3) is 11.9. The molecule has 0 saturated carbocycles. The molecule has 0 fully saturated rings. The fraction of sp³-hybridized carbons (Fsp3) is 0.158. The molecule has 6 aromatic rings. The lowest BCUT2D eigenvalue weighted by molar-refractivity contribution is -0.116. The minimum atomic E-state index is -0.270. The van der Waals surface area contributed by atoms with Gasteiger partial charge in [-0.15, -0.1) is 0 Å². The minimum absolute atomic E-state index is 0.0754. The number of hydrogen-bond acceptors (Lipinski definition) is 5. The van der Waals surface area contributed by atoms with Gasteiger partial charge in [0.25, 0.3) is 0 Å². The predicted octanol–water partition coefficient (Wildman–Crippen LogP) is 8.79. The lowest BCUT2D eigenvalue weighted by atomic mass is 10.1. The number of aromatic nitrogens is 2. The fourth-order valence-electron chi connectivity index (χ4n) is 4.63. The molecule has 3 N–H and O–H groups in total. The summed E-state index contributed by atoms with van der Waals surface area (Å²) in [5.74, 6) is 0.0754. The molecule has 7 heteroatoms. The van der Waals surface area contributed by atoms with Crippen molar-refractivity contribution in [1.82, 2.24) is 9.97 Å². The lowest BCUT2D eigenvalue weighted by Crippen LogP contribution is -2.11. The van der Waals surface area contributed by atoms with Gasteiger partial charge in [-0.2, -0.15) is 0 Å². The zero-order chi connectivity index (χ0) is 31.7. The van der Waals surface area contributed by atoms with E-state index in [1.165, 1.54) is 5.56 Å². The van der Waals surface area contributed by atoms with Gasteiger partial charge in [-0.05, 0) is 95.6 Å². The number of rotatable bonds is 9. The van der Waals surface area contributed by atoms with E-state index in [0.29, 0.717) is 12.8 Å². The maximum absolute atomic E-state index is 12.0. The van der Waals surface area contributed by atoms with E-state index in [2.05, 4.69) is 39.6 Å². The molecule has 2 aromatic heterocycles. The molecule has 0 aliphatic carbocycles. The number of unbranched alkanes of at least 4 members (excludes halogenated alkanes) is 1. The maximum atomic E-state index is 12.0. The number of carbonyl (C=O) groups excluding carboxylic acids is 2. The first-order valence-corrected chi connectivity index (χ1v) is 15.3. The number of carbonyl (C=O) groups is 2. The normalized spacial score (nSPS) is 10.2. The van der Waals surface area contributed by atoms with Gasteiger partial charge >= 0.3 is 0 Å². The number of halogens is 1. The number of pyridine rings is 2. The van der Waals surface area contributed by atoms with E-state index in [1.807, 2.05) is 97.3 Å². The van der Waals surface area contributed by atoms with E-state index in [1.54, 1.807) is 12.4 Å². The Morgan fingerprint density at radius 3 is 1.82 bits per heavy atom. The molecular formula is C38H37ClN4O2. The van der Waals surface area contributed by atoms with Crippen LogP contribution in [0.5, 0.6) is 0 Å². The summed E-state index contributed by atoms with van der Waals surface area (Å²) in [6.07, 6.45) is 11.9. The molecule has 0 saturated heterocycles. The Balaban J connectivity index is 0.000000174. The molecule has 0 spiro atoms. The molecule has 2 heterocycles. The van der Waals surface area contributed by atoms with Crippen LogP contribution >= 0.6 is 11.6 Å². The Kier molecular flexibility index (Phi) is 13.1. The Labute approximate surface area is 269 Å². The minimum Gasteiger partial charge on any atom is -0.399 e. The fourth-order valence-corrected chi connectivity index (χ4v) is 4.73. The van der Waals surface area contributed by atoms with Gasteiger partial charge in [0.1, 0.15) is 0 Å². The zero-order valence-electron chi connectivity index (χ0n) is 25.1. The van der Waals surface area contributed by atoms with Crippen molar-refractivity contribution < 1.29 is 9.59 Å². The van der Waals surface area contributed by atoms with Crippen LogP contribution in [-0.4, -0.2) is 21.1 Å². The average molecular weight is 617 g/mol. The van der Waals surface area contributed by atoms with Gasteiger partial charge < -0.3 is 11.1 Å². The molecule has 228 valence electrons. The van der Waals surface area contributed by atoms with Gasteiger partial charge in [0.15, 0.2) is 0 Å². The van der Waals surface area contributed by atoms with Crippen LogP contribution in [0.4, 0.5) is 11.4 Å². The van der Waals surface area contributed by atoms with Crippen molar-refractivity contribution in [2.45, 2.75) is 38.5 Å². The summed E-state index contributed by atoms with van der Waals surface area (Å²) in [6.45, 7) is 0. The summed E-state index contributed by atoms with van der Waals surface area (Å²) in [7, 11) is 0. The van der Waals surface area contributed by atoms with Gasteiger partial charge in [0, 0.05) is 59.8 Å². The van der Waals surface area contributed by atoms with Crippen LogP contribution in [0.2, 0.25) is 0 Å². The van der Waals surface area contributed by atoms with Crippen LogP contribution in [0, 0.1) is 0 Å². The van der Waals surface area contributed by atoms with E-state index in [0.717, 1.165) is 64.2 Å². The third-order valence-electron chi connectivity index (χ3n) is 7.00. The Morgan fingerprint density at radius 2 is 1.20 bits per heavy atom. The van der Waals surface area contributed by atoms with E-state index >= 15 is 0 Å². The highest BCUT2D eigenvalue weighted by molar-refractivity contribution is 6.63. The second kappa shape index (κ2) is 17.9. The first-order valence-electron chi connectivity index (χ1n) is 15.0. The highest BCUT2D eigenvalue weighted by atomic mass is 35.5. The molecule has 0 unspecified atom stereocenters. The molecule has 6 rings (SSSR count). The van der Waals surface area contributed by atoms with Crippen molar-refractivity contribution in [2.75, 3.05) is 11.1 Å². The Morgan fingerprint density at radius 1 is 0.622 bits per heavy atom. The Hall–Kier alpha value is -5.07. The number of anilines is 2. The van der Waals surface area contributed by atoms with Crippen molar-refractivity contribution in [3.05, 3.63) is 145 Å². The number of fused-ring (bicyclic) bond motifs is 2. The predicted molar refractivity (Wildman–Crippen MR) is 186 cm³/mol. The number of benzene rings is 4. The van der Waals surface area contributed by atoms with E-state index in [4.69, 9.17) is 17.3 Å². The van der Waals surface area contributed by atoms with Gasteiger partial charge in [-0.3, -0.25) is 19.6 Å². The number of nitrogens with two attached hydrogens (primary N) is 1. The lowest BCUT2D eigenvalue weighted by Gasteiger charge is -2.06. The van der Waals surface area contributed by atoms with Crippen molar-refractivity contribution in [3.8, 4) is 0 Å². The first kappa shape index (κ1) is 32.8. The number of nitrogens with zero attached hydrogens (tertiary/aromatic N) is 2. The van der Waals surface area contributed by atoms with Gasteiger partial charge in [0.2, 0.25) is 11.1 Å². The quantitative estimate of drug-likeness (QED) is 0.0961. The van der Waals surface area contributed by atoms with E-state index < -0.39 is 0 Å². The van der Waals surface area contributed by atoms with Crippen LogP contribution in [-0.2, 0) is 22.4 Å². The average Bonchev–Trinajstić information content (AvgIpc) is 3.07. The molecule has 45 heavy (non-hydrogen) atoms. The molecule has 1 amide bonds. The zero-order valence-corrected chi connectivity index (χ0v) is 25.9. The second-order valence-electron chi connectivity index (χ2n) is 10.5. The molecule has 0 radical (unpaired) electrons. The second-order valence-corrected chi connectivity index (χ2v) is 10.9. The summed E-state index contributed by atoms with van der Waals surface area (Å²) >= 11 is 5.19. The van der Waals surface area contributed by atoms with Gasteiger partial charge in [-0.25, -0.2) is 0 Å². The monoisotopic (exact) mass is 616 g/mol. The Bertz CT molecular complexity index is 1800. The summed E-state index contributed by atoms with van der Waals surface area (Å²) in [6, 6.07) is 35.8. The summed E-state index contributed by atoms with van der Waals surface area (Å²) < 4.78 is 0. The molecule has 0 aliphatic rings. The van der Waals surface area contributed by atoms with Crippen LogP contribution in [0.3, 0.4) is 0 Å². The van der Waals surface area contributed by atoms with Crippen LogP contribution < -0.4 is 11.1 Å². The summed E-state index contributed by atoms with van der Waals surface area (Å²) in [5, 5.41) is 7.13. The number of amides is 1. The smallest absolute Gasteiger partial charge is 0.224 e. The summed E-state index contributed by atoms with van der Waals surface area (Å²) in [4.78, 5) is 30.5. The number of nitrogen functional groups attached to an aromatic ring is 1. The molecule has 0 atom stereocenters. The third-order valence-corrected chi connectivity index (χ3v) is 7.19. The molecule has 0 bridgehead atoms. The van der Waals surface area contributed by atoms with Crippen LogP contribution in [0.15, 0.2) is 134 Å². The standard InChI is InChI=1S/C20H20N2O.C9H9ClO.C9H8N2/c23-20(9-5-4-8-16-6-2-1-3-7-16)22-19-11-10-18-15-21-13-12-17(18)14-19;10-9(11)7-6-8-4-2-1-3-5-8;10-9-2-1-8-6-11-4-3-7(8)5-9/h1-3,6-7,10-15H,4-5,8-9H2,(H,22,23);1-5H,6-7H2;1-6H,10H2. The van der Waals surface area contributed by atoms with E-state index in [-0.39, 0.29) is 11.1 Å². The van der Waals surface area contributed by atoms with Crippen LogP contribution in [0.25, 0.3) is 21.5 Å². The number of hydrogen-bond donors (Lipinski definition) is 2. The van der Waals surface area contributed by atoms with Gasteiger partial charge in [-0.1, -0.05) is 72.8 Å². The molecule has 4 aromatic carbocycles. The molecule has 0 aliphatic heterocycles. The maximum Gasteiger partial charge on any atom is 0.224 e. The SMILES string of the molecule is Nc1ccc2cnccc2c1.O=C(CCCCc1ccccc1)Nc1ccc2cnccc2c1.O=C(Cl)CCc1ccccc1. The first-order chi connectivity index (χ1) is 22.0. The van der Waals surface area contributed by atoms with Crippen LogP contribution in [0.1, 0.15) is 36.8 Å². The molecular weight excluding hydrogens is 580 g/mol. The highest BCUT2D eigenvalue weighted by Gasteiger charge is 2.04. The summed E-state index contributed by atoms with van der Waals surface area (Å²) in [5.41, 5.74) is 9.73. The molecule has 6 nitrogen and oxygen atoms in total. The number of aryl methyl sites for hydroxylation is 2. The van der Waals surface area contributed by atoms with Crippen molar-refractivity contribution in [3.63, 3.8) is 0 Å². The van der Waals surface area contributed by atoms with Gasteiger partial charge in [0.05, 0.1) is 0 Å².